The molecule has 0 saturated carbocycles. The van der Waals surface area contributed by atoms with Crippen LogP contribution in [-0.4, -0.2) is 30.0 Å². The first-order chi connectivity index (χ1) is 13.7. The number of halogens is 2. The van der Waals surface area contributed by atoms with Gasteiger partial charge in [0.15, 0.2) is 5.78 Å². The number of carboxylic acids is 1. The monoisotopic (exact) mass is 442 g/mol. The summed E-state index contributed by atoms with van der Waals surface area (Å²) in [5.74, 6) is -1.42. The maximum atomic E-state index is 12.4. The molecule has 2 aromatic rings. The number of rotatable bonds is 2. The van der Waals surface area contributed by atoms with Crippen LogP contribution in [0.3, 0.4) is 0 Å². The lowest BCUT2D eigenvalue weighted by molar-refractivity contribution is -0.110. The third-order valence-corrected chi connectivity index (χ3v) is 10.1. The van der Waals surface area contributed by atoms with Crippen molar-refractivity contribution in [1.29, 1.82) is 0 Å². The summed E-state index contributed by atoms with van der Waals surface area (Å²) < 4.78 is 0. The Labute approximate surface area is 178 Å². The summed E-state index contributed by atoms with van der Waals surface area (Å²) in [5, 5.41) is 21.8. The van der Waals surface area contributed by atoms with E-state index in [4.69, 9.17) is 23.2 Å². The number of phenols is 1. The third kappa shape index (κ3) is 2.81. The van der Waals surface area contributed by atoms with Crippen LogP contribution in [0.4, 0.5) is 0 Å². The number of benzene rings is 2. The first-order valence-electron chi connectivity index (χ1n) is 8.88. The van der Waals surface area contributed by atoms with Crippen LogP contribution in [0.5, 0.6) is 5.75 Å². The minimum Gasteiger partial charge on any atom is -0.506 e. The molecular weight excluding hydrogens is 427 g/mol. The summed E-state index contributed by atoms with van der Waals surface area (Å²) in [7, 11) is -2.60. The molecule has 2 aliphatic rings. The topological polar surface area (TPSA) is 74.6 Å². The number of fused-ring (bicyclic) bond motifs is 2. The summed E-state index contributed by atoms with van der Waals surface area (Å²) in [4.78, 5) is 24.3. The molecule has 4 rings (SSSR count). The highest BCUT2D eigenvalue weighted by molar-refractivity contribution is 6.99. The number of hydrogen-bond donors (Lipinski definition) is 2. The summed E-state index contributed by atoms with van der Waals surface area (Å²) in [6.07, 6.45) is 3.11. The van der Waals surface area contributed by atoms with Crippen molar-refractivity contribution in [3.05, 3.63) is 86.1 Å². The maximum absolute atomic E-state index is 12.4. The summed E-state index contributed by atoms with van der Waals surface area (Å²) in [5.41, 5.74) is 2.76. The van der Waals surface area contributed by atoms with Crippen molar-refractivity contribution in [1.82, 2.24) is 0 Å². The third-order valence-electron chi connectivity index (χ3n) is 5.44. The van der Waals surface area contributed by atoms with Crippen LogP contribution in [0, 0.1) is 0 Å². The Kier molecular flexibility index (Phi) is 4.57. The fourth-order valence-corrected chi connectivity index (χ4v) is 9.32. The molecule has 0 unspecified atom stereocenters. The lowest BCUT2D eigenvalue weighted by atomic mass is 9.87. The molecule has 29 heavy (non-hydrogen) atoms. The molecule has 0 amide bonds. The molecule has 2 N–H and O–H groups in total. The summed E-state index contributed by atoms with van der Waals surface area (Å²) in [6, 6.07) is 9.94. The highest BCUT2D eigenvalue weighted by Crippen LogP contribution is 2.46. The van der Waals surface area contributed by atoms with E-state index in [1.165, 1.54) is 18.2 Å². The standard InChI is InChI=1S/C22H16Cl2O4Si/c1-29(2)20-13(7-9-15(25)18(20)23)17(11-5-3-4-6-12(11)22(27)28)14-8-10-16(26)19(24)21(14)29/h3-10,25H,1-2H3,(H,27,28). The van der Waals surface area contributed by atoms with Gasteiger partial charge in [-0.15, -0.1) is 0 Å². The van der Waals surface area contributed by atoms with Gasteiger partial charge in [0.05, 0.1) is 15.6 Å². The van der Waals surface area contributed by atoms with Crippen molar-refractivity contribution < 1.29 is 19.8 Å². The zero-order chi connectivity index (χ0) is 21.1. The minimum absolute atomic E-state index is 0.0605. The summed E-state index contributed by atoms with van der Waals surface area (Å²) in [6.45, 7) is 4.03. The van der Waals surface area contributed by atoms with Crippen molar-refractivity contribution in [2.75, 3.05) is 0 Å². The first kappa shape index (κ1) is 19.7. The molecule has 1 aliphatic carbocycles. The molecule has 4 nitrogen and oxygen atoms in total. The Morgan fingerprint density at radius 2 is 1.69 bits per heavy atom. The van der Waals surface area contributed by atoms with Gasteiger partial charge in [-0.05, 0) is 50.9 Å². The summed E-state index contributed by atoms with van der Waals surface area (Å²) >= 11 is 13.0. The van der Waals surface area contributed by atoms with Crippen LogP contribution in [0.25, 0.3) is 5.57 Å². The lowest BCUT2D eigenvalue weighted by Crippen LogP contribution is -2.50. The predicted molar refractivity (Wildman–Crippen MR) is 117 cm³/mol. The van der Waals surface area contributed by atoms with Crippen LogP contribution in [0.1, 0.15) is 21.5 Å². The lowest BCUT2D eigenvalue weighted by Gasteiger charge is -2.39. The largest absolute Gasteiger partial charge is 0.506 e. The zero-order valence-electron chi connectivity index (χ0n) is 15.6. The van der Waals surface area contributed by atoms with E-state index in [0.717, 1.165) is 16.3 Å². The second-order valence-electron chi connectivity index (χ2n) is 7.47. The molecule has 1 aliphatic heterocycles. The van der Waals surface area contributed by atoms with Crippen LogP contribution in [-0.2, 0) is 4.79 Å². The Morgan fingerprint density at radius 1 is 1.00 bits per heavy atom. The number of hydrogen-bond acceptors (Lipinski definition) is 3. The molecular formula is C22H16Cl2O4Si. The average Bonchev–Trinajstić information content (AvgIpc) is 2.67. The smallest absolute Gasteiger partial charge is 0.336 e. The van der Waals surface area contributed by atoms with Crippen LogP contribution in [0.2, 0.25) is 18.1 Å². The van der Waals surface area contributed by atoms with Gasteiger partial charge in [0.1, 0.15) is 13.8 Å². The number of aromatic carboxylic acids is 1. The van der Waals surface area contributed by atoms with Crippen LogP contribution >= 0.6 is 23.2 Å². The van der Waals surface area contributed by atoms with E-state index in [-0.39, 0.29) is 27.2 Å². The highest BCUT2D eigenvalue weighted by atomic mass is 35.5. The molecule has 0 spiro atoms. The van der Waals surface area contributed by atoms with Gasteiger partial charge in [0.2, 0.25) is 0 Å². The molecule has 7 heteroatoms. The maximum Gasteiger partial charge on any atom is 0.336 e. The quantitative estimate of drug-likeness (QED) is 0.663. The average molecular weight is 443 g/mol. The number of carbonyl (C=O) groups excluding carboxylic acids is 1. The van der Waals surface area contributed by atoms with Crippen molar-refractivity contribution in [3.8, 4) is 5.75 Å². The van der Waals surface area contributed by atoms with Crippen molar-refractivity contribution >= 4 is 53.8 Å². The number of ketones is 1. The molecule has 0 aromatic heterocycles. The number of aromatic hydroxyl groups is 1. The van der Waals surface area contributed by atoms with E-state index in [1.807, 2.05) is 13.1 Å². The molecule has 2 aromatic carbocycles. The van der Waals surface area contributed by atoms with Gasteiger partial charge in [-0.25, -0.2) is 4.79 Å². The van der Waals surface area contributed by atoms with E-state index in [1.54, 1.807) is 30.3 Å². The second-order valence-corrected chi connectivity index (χ2v) is 12.5. The Balaban J connectivity index is 2.23. The van der Waals surface area contributed by atoms with E-state index < -0.39 is 14.0 Å². The van der Waals surface area contributed by atoms with Gasteiger partial charge in [0.25, 0.3) is 0 Å². The minimum atomic E-state index is -2.60. The van der Waals surface area contributed by atoms with Gasteiger partial charge >= 0.3 is 5.97 Å². The van der Waals surface area contributed by atoms with Gasteiger partial charge in [-0.3, -0.25) is 4.79 Å². The van der Waals surface area contributed by atoms with Crippen molar-refractivity contribution in [2.45, 2.75) is 13.1 Å². The zero-order valence-corrected chi connectivity index (χ0v) is 18.1. The van der Waals surface area contributed by atoms with Gasteiger partial charge in [-0.2, -0.15) is 0 Å². The fourth-order valence-electron chi connectivity index (χ4n) is 4.21. The second kappa shape index (κ2) is 6.73. The first-order valence-corrected chi connectivity index (χ1v) is 12.6. The molecule has 0 bridgehead atoms. The van der Waals surface area contributed by atoms with Crippen LogP contribution < -0.4 is 5.19 Å². The van der Waals surface area contributed by atoms with E-state index in [9.17, 15) is 19.8 Å². The molecule has 0 saturated heterocycles. The SMILES string of the molecule is C[Si]1(C)C2=C(Cl)C(=O)C=CC2=C(c2ccccc2C(=O)O)c2ccc(O)c(Cl)c21. The van der Waals surface area contributed by atoms with E-state index in [0.29, 0.717) is 16.3 Å². The number of carboxylic acid groups (broad SMARTS) is 1. The van der Waals surface area contributed by atoms with Gasteiger partial charge in [0, 0.05) is 0 Å². The fraction of sp³-hybridized carbons (Fsp3) is 0.0909. The van der Waals surface area contributed by atoms with Crippen LogP contribution in [0.15, 0.2) is 64.4 Å². The Bertz CT molecular complexity index is 1210. The van der Waals surface area contributed by atoms with E-state index >= 15 is 0 Å². The molecule has 1 heterocycles. The molecule has 0 radical (unpaired) electrons. The number of carbonyl (C=O) groups is 2. The van der Waals surface area contributed by atoms with Gasteiger partial charge < -0.3 is 10.2 Å². The molecule has 146 valence electrons. The molecule has 0 atom stereocenters. The van der Waals surface area contributed by atoms with Gasteiger partial charge in [-0.1, -0.05) is 66.6 Å². The Hall–Kier alpha value is -2.60. The Morgan fingerprint density at radius 3 is 2.38 bits per heavy atom. The van der Waals surface area contributed by atoms with Crippen molar-refractivity contribution in [3.63, 3.8) is 0 Å². The molecule has 0 fully saturated rings. The van der Waals surface area contributed by atoms with E-state index in [2.05, 4.69) is 0 Å². The normalized spacial score (nSPS) is 17.3. The number of allylic oxidation sites excluding steroid dienone is 5. The highest BCUT2D eigenvalue weighted by Gasteiger charge is 2.44. The van der Waals surface area contributed by atoms with Crippen molar-refractivity contribution in [2.24, 2.45) is 0 Å². The number of phenolic OH excluding ortho intramolecular Hbond substituents is 1. The predicted octanol–water partition coefficient (Wildman–Crippen LogP) is 4.65.